The lowest BCUT2D eigenvalue weighted by atomic mass is 9.76. The van der Waals surface area contributed by atoms with E-state index >= 15 is 0 Å². The topological polar surface area (TPSA) is 125 Å². The summed E-state index contributed by atoms with van der Waals surface area (Å²) in [5, 5.41) is 19.6. The highest BCUT2D eigenvalue weighted by molar-refractivity contribution is 6.43. The summed E-state index contributed by atoms with van der Waals surface area (Å²) in [6.07, 6.45) is 1.87. The summed E-state index contributed by atoms with van der Waals surface area (Å²) < 4.78 is 6.08. The number of rotatable bonds is 12. The van der Waals surface area contributed by atoms with Crippen LogP contribution in [-0.2, 0) is 20.4 Å². The summed E-state index contributed by atoms with van der Waals surface area (Å²) in [5.41, 5.74) is 3.19. The van der Waals surface area contributed by atoms with Crippen LogP contribution in [0.3, 0.4) is 0 Å². The van der Waals surface area contributed by atoms with E-state index in [1.165, 1.54) is 23.8 Å². The molecule has 4 aromatic rings. The summed E-state index contributed by atoms with van der Waals surface area (Å²) in [6.45, 7) is 12.8. The molecule has 13 heteroatoms. The fourth-order valence-corrected chi connectivity index (χ4v) is 6.40. The number of azo groups is 1. The number of anilines is 2. The molecule has 53 heavy (non-hydrogen) atoms. The summed E-state index contributed by atoms with van der Waals surface area (Å²) >= 11 is 18.9. The molecular formula is C40H41Cl3N6O4. The van der Waals surface area contributed by atoms with Crippen LogP contribution in [-0.4, -0.2) is 36.2 Å². The lowest BCUT2D eigenvalue weighted by Gasteiger charge is -2.30. The zero-order valence-electron chi connectivity index (χ0n) is 30.3. The van der Waals surface area contributed by atoms with Gasteiger partial charge in [0.1, 0.15) is 11.4 Å². The second kappa shape index (κ2) is 16.5. The number of ether oxygens (including phenoxy) is 1. The SMILES string of the molecule is CCC(C)(C)c1ccc(OCC(=O)Nc2cccc(C(=O)NC3=NN(c4c(Cl)cc(Cl)cc4Cl)C(=O)C3N=Nc3ccccc3)c2)c(C(C)(C)CC)c1. The number of amides is 3. The van der Waals surface area contributed by atoms with E-state index in [2.05, 4.69) is 79.6 Å². The standard InChI is InChI=1S/C40H41Cl3N6O4/c1-7-39(3,4)25-17-18-32(29(20-25)40(5,6)8-2)53-23-33(50)44-28-16-12-13-24(19-28)37(51)45-36-34(47-46-27-14-10-9-11-15-27)38(52)49(48-36)35-30(42)21-26(41)22-31(35)43/h9-22,34H,7-8,23H2,1-6H3,(H,44,50)(H,45,48,51). The van der Waals surface area contributed by atoms with Crippen molar-refractivity contribution in [2.24, 2.45) is 15.3 Å². The van der Waals surface area contributed by atoms with Crippen molar-refractivity contribution >= 4 is 75.4 Å². The lowest BCUT2D eigenvalue weighted by molar-refractivity contribution is -0.118. The van der Waals surface area contributed by atoms with Crippen molar-refractivity contribution in [3.63, 3.8) is 0 Å². The van der Waals surface area contributed by atoms with Crippen molar-refractivity contribution in [3.8, 4) is 5.75 Å². The minimum atomic E-state index is -1.33. The van der Waals surface area contributed by atoms with Gasteiger partial charge in [0.15, 0.2) is 12.4 Å². The van der Waals surface area contributed by atoms with E-state index in [4.69, 9.17) is 39.5 Å². The molecule has 0 spiro atoms. The first-order valence-electron chi connectivity index (χ1n) is 17.2. The van der Waals surface area contributed by atoms with Gasteiger partial charge in [0.2, 0.25) is 6.04 Å². The molecule has 0 aromatic heterocycles. The third kappa shape index (κ3) is 9.25. The fraction of sp³-hybridized carbons (Fsp3) is 0.300. The van der Waals surface area contributed by atoms with Gasteiger partial charge in [-0.25, -0.2) is 0 Å². The number of hydrogen-bond donors (Lipinski definition) is 2. The van der Waals surface area contributed by atoms with E-state index in [-0.39, 0.29) is 49.6 Å². The van der Waals surface area contributed by atoms with Crippen LogP contribution in [0.1, 0.15) is 75.9 Å². The maximum absolute atomic E-state index is 13.6. The highest BCUT2D eigenvalue weighted by Gasteiger charge is 2.40. The van der Waals surface area contributed by atoms with Crippen LogP contribution in [0.5, 0.6) is 5.75 Å². The fourth-order valence-electron chi connectivity index (χ4n) is 5.43. The highest BCUT2D eigenvalue weighted by atomic mass is 35.5. The first-order chi connectivity index (χ1) is 25.1. The molecule has 1 aliphatic rings. The summed E-state index contributed by atoms with van der Waals surface area (Å²) in [6, 6.07) is 22.8. The second-order valence-electron chi connectivity index (χ2n) is 13.9. The second-order valence-corrected chi connectivity index (χ2v) is 15.1. The molecule has 0 aliphatic carbocycles. The van der Waals surface area contributed by atoms with Crippen LogP contribution in [0.15, 0.2) is 100 Å². The predicted molar refractivity (Wildman–Crippen MR) is 212 cm³/mol. The van der Waals surface area contributed by atoms with Crippen molar-refractivity contribution in [2.45, 2.75) is 71.3 Å². The number of halogens is 3. The van der Waals surface area contributed by atoms with Crippen LogP contribution >= 0.6 is 34.8 Å². The van der Waals surface area contributed by atoms with Gasteiger partial charge in [-0.05, 0) is 77.8 Å². The Morgan fingerprint density at radius 2 is 1.53 bits per heavy atom. The molecule has 5 rings (SSSR count). The van der Waals surface area contributed by atoms with Crippen molar-refractivity contribution in [1.82, 2.24) is 5.32 Å². The molecule has 1 aliphatic heterocycles. The highest BCUT2D eigenvalue weighted by Crippen LogP contribution is 2.40. The Morgan fingerprint density at radius 1 is 0.849 bits per heavy atom. The van der Waals surface area contributed by atoms with E-state index in [9.17, 15) is 14.4 Å². The number of amidine groups is 1. The Morgan fingerprint density at radius 3 is 2.19 bits per heavy atom. The molecule has 1 heterocycles. The average molecular weight is 776 g/mol. The molecule has 276 valence electrons. The Labute approximate surface area is 324 Å². The van der Waals surface area contributed by atoms with E-state index in [0.717, 1.165) is 23.4 Å². The van der Waals surface area contributed by atoms with E-state index in [0.29, 0.717) is 17.1 Å². The molecule has 0 bridgehead atoms. The van der Waals surface area contributed by atoms with Gasteiger partial charge in [-0.3, -0.25) is 14.4 Å². The predicted octanol–water partition coefficient (Wildman–Crippen LogP) is 10.3. The third-order valence-electron chi connectivity index (χ3n) is 9.41. The number of hydrazone groups is 1. The summed E-state index contributed by atoms with van der Waals surface area (Å²) in [7, 11) is 0. The molecule has 1 atom stereocenters. The quantitative estimate of drug-likeness (QED) is 0.139. The van der Waals surface area contributed by atoms with Crippen molar-refractivity contribution < 1.29 is 19.1 Å². The van der Waals surface area contributed by atoms with Gasteiger partial charge >= 0.3 is 0 Å². The lowest BCUT2D eigenvalue weighted by Crippen LogP contribution is -2.39. The summed E-state index contributed by atoms with van der Waals surface area (Å²) in [4.78, 5) is 40.3. The van der Waals surface area contributed by atoms with Crippen LogP contribution < -0.4 is 20.4 Å². The molecule has 4 aromatic carbocycles. The van der Waals surface area contributed by atoms with Gasteiger partial charge in [0.05, 0.1) is 15.7 Å². The first-order valence-corrected chi connectivity index (χ1v) is 18.3. The third-order valence-corrected chi connectivity index (χ3v) is 10.2. The van der Waals surface area contributed by atoms with E-state index in [1.807, 2.05) is 12.1 Å². The normalized spacial score (nSPS) is 14.7. The zero-order chi connectivity index (χ0) is 38.5. The average Bonchev–Trinajstić information content (AvgIpc) is 3.42. The Balaban J connectivity index is 1.33. The zero-order valence-corrected chi connectivity index (χ0v) is 32.6. The molecule has 10 nitrogen and oxygen atoms in total. The van der Waals surface area contributed by atoms with Gasteiger partial charge in [0, 0.05) is 21.8 Å². The van der Waals surface area contributed by atoms with Crippen LogP contribution in [0.25, 0.3) is 0 Å². The Kier molecular flexibility index (Phi) is 12.3. The molecule has 3 amide bonds. The summed E-state index contributed by atoms with van der Waals surface area (Å²) in [5.74, 6) is -1.12. The molecule has 0 saturated heterocycles. The van der Waals surface area contributed by atoms with Gasteiger partial charge < -0.3 is 15.4 Å². The number of benzene rings is 4. The smallest absolute Gasteiger partial charge is 0.282 e. The largest absolute Gasteiger partial charge is 0.483 e. The maximum atomic E-state index is 13.6. The molecule has 0 radical (unpaired) electrons. The van der Waals surface area contributed by atoms with Gasteiger partial charge in [-0.1, -0.05) is 113 Å². The van der Waals surface area contributed by atoms with Crippen molar-refractivity contribution in [3.05, 3.63) is 117 Å². The van der Waals surface area contributed by atoms with Crippen LogP contribution in [0, 0.1) is 0 Å². The molecule has 0 saturated carbocycles. The Bertz CT molecular complexity index is 2060. The van der Waals surface area contributed by atoms with E-state index in [1.54, 1.807) is 42.5 Å². The number of carbonyl (C=O) groups is 3. The van der Waals surface area contributed by atoms with Gasteiger partial charge in [-0.15, -0.1) is 5.10 Å². The monoisotopic (exact) mass is 774 g/mol. The van der Waals surface area contributed by atoms with Crippen molar-refractivity contribution in [2.75, 3.05) is 16.9 Å². The van der Waals surface area contributed by atoms with Crippen molar-refractivity contribution in [1.29, 1.82) is 0 Å². The van der Waals surface area contributed by atoms with Gasteiger partial charge in [-0.2, -0.15) is 15.2 Å². The molecular weight excluding hydrogens is 735 g/mol. The first kappa shape index (κ1) is 39.4. The number of nitrogens with one attached hydrogen (secondary N) is 2. The maximum Gasteiger partial charge on any atom is 0.282 e. The molecule has 1 unspecified atom stereocenters. The van der Waals surface area contributed by atoms with Gasteiger partial charge in [0.25, 0.3) is 17.7 Å². The minimum Gasteiger partial charge on any atom is -0.483 e. The Hall–Kier alpha value is -4.77. The number of hydrogen-bond acceptors (Lipinski definition) is 7. The van der Waals surface area contributed by atoms with Crippen LogP contribution in [0.4, 0.5) is 17.1 Å². The number of nitrogens with zero attached hydrogens (tertiary/aromatic N) is 4. The van der Waals surface area contributed by atoms with Crippen LogP contribution in [0.2, 0.25) is 15.1 Å². The molecule has 0 fully saturated rings. The van der Waals surface area contributed by atoms with E-state index < -0.39 is 23.8 Å². The minimum absolute atomic E-state index is 0.00360. The number of carbonyl (C=O) groups excluding carboxylic acids is 3. The molecule has 2 N–H and O–H groups in total.